The van der Waals surface area contributed by atoms with Crippen LogP contribution >= 0.6 is 0 Å². The van der Waals surface area contributed by atoms with Gasteiger partial charge in [0.1, 0.15) is 17.2 Å². The maximum absolute atomic E-state index is 10.8. The number of esters is 5. The number of unbranched alkanes of at least 4 members (excludes halogenated alkanes) is 14. The number of aryl methyl sites for hydroxylation is 4. The van der Waals surface area contributed by atoms with Gasteiger partial charge in [0, 0.05) is 31.2 Å². The van der Waals surface area contributed by atoms with E-state index in [0.29, 0.717) is 44.5 Å². The Kier molecular flexibility index (Phi) is 43.8. The fourth-order valence-electron chi connectivity index (χ4n) is 7.49. The summed E-state index contributed by atoms with van der Waals surface area (Å²) in [6.07, 6.45) is 30.9. The summed E-state index contributed by atoms with van der Waals surface area (Å²) in [5.74, 6) is 0.397. The van der Waals surface area contributed by atoms with Crippen molar-refractivity contribution < 1.29 is 57.1 Å². The lowest BCUT2D eigenvalue weighted by Crippen LogP contribution is -2.04. The summed E-state index contributed by atoms with van der Waals surface area (Å²) in [5, 5.41) is 0. The first-order chi connectivity index (χ1) is 39.3. The normalized spacial score (nSPS) is 10.2. The molecular weight excluding hydrogens is 1020 g/mol. The number of allylic oxidation sites excluding steroid dienone is 1. The highest BCUT2D eigenvalue weighted by Gasteiger charge is 2.03. The van der Waals surface area contributed by atoms with Gasteiger partial charge in [0.25, 0.3) is 0 Å². The highest BCUT2D eigenvalue weighted by molar-refractivity contribution is 5.82. The molecule has 4 rings (SSSR count). The van der Waals surface area contributed by atoms with Crippen molar-refractivity contribution in [1.29, 1.82) is 0 Å². The van der Waals surface area contributed by atoms with Crippen LogP contribution < -0.4 is 14.2 Å². The molecule has 0 amide bonds. The summed E-state index contributed by atoms with van der Waals surface area (Å²) in [5.41, 5.74) is 6.66. The third-order valence-corrected chi connectivity index (χ3v) is 12.0. The average molecular weight is 1120 g/mol. The molecule has 0 fully saturated rings. The van der Waals surface area contributed by atoms with Crippen molar-refractivity contribution in [2.45, 2.75) is 156 Å². The van der Waals surface area contributed by atoms with E-state index in [1.54, 1.807) is 24.3 Å². The second-order valence-electron chi connectivity index (χ2n) is 19.2. The first-order valence-electron chi connectivity index (χ1n) is 28.9. The van der Waals surface area contributed by atoms with Gasteiger partial charge in [0.2, 0.25) is 0 Å². The lowest BCUT2D eigenvalue weighted by atomic mass is 10.0. The van der Waals surface area contributed by atoms with Crippen LogP contribution in [0.1, 0.15) is 157 Å². The fraction of sp³-hybridized carbons (Fsp3) is 0.435. The standard InChI is InChI=1S/C19H26O2.C18H26O3.C17H24O2.C15H18O5/c1-3-10-17-12-14-18(15-13-17)11-8-6-5-7-9-16-21-19(20)4-2;1-3-18(19)21-15-9-7-5-4-6-8-14-20-17-12-10-16(2)11-13-17;1-3-17(18)19-14-8-6-4-5-7-9-16-12-10-15(2)11-13-16;1-3-15(17)19-11-5-4-10-18-13-6-8-14(9-7-13)20-12(2)16/h3-4,10,12-15H,2,5-9,11,16H2,1H3;3,10-13H,1,4-9,14-15H2,2H3;3,10-13H,1,4-9,14H2,2H3;3,6-9H,1,4-5,10-11H2,2H3. The lowest BCUT2D eigenvalue weighted by molar-refractivity contribution is -0.138. The number of benzene rings is 4. The summed E-state index contributed by atoms with van der Waals surface area (Å²) in [6, 6.07) is 32.5. The van der Waals surface area contributed by atoms with Crippen LogP contribution in [0.4, 0.5) is 0 Å². The van der Waals surface area contributed by atoms with E-state index in [0.717, 1.165) is 89.1 Å². The minimum atomic E-state index is -0.410. The van der Waals surface area contributed by atoms with Crippen molar-refractivity contribution in [2.75, 3.05) is 39.6 Å². The SMILES string of the molecule is C=CC(=O)OCCCCCCCCOc1ccc(C)cc1.C=CC(=O)OCCCCCCCc1ccc(C)cc1.C=CC(=O)OCCCCCCCc1ccc(C=CC)cc1.C=CC(=O)OCCCCOc1ccc(OC(C)=O)cc1. The molecule has 0 atom stereocenters. The first-order valence-corrected chi connectivity index (χ1v) is 28.9. The van der Waals surface area contributed by atoms with Gasteiger partial charge in [-0.2, -0.15) is 0 Å². The van der Waals surface area contributed by atoms with Crippen LogP contribution in [0.15, 0.2) is 154 Å². The Morgan fingerprint density at radius 2 is 0.654 bits per heavy atom. The van der Waals surface area contributed by atoms with E-state index in [1.165, 1.54) is 111 Å². The molecule has 0 spiro atoms. The van der Waals surface area contributed by atoms with Crippen molar-refractivity contribution in [3.05, 3.63) is 182 Å². The minimum Gasteiger partial charge on any atom is -0.494 e. The third kappa shape index (κ3) is 43.1. The molecule has 0 aliphatic rings. The van der Waals surface area contributed by atoms with Crippen molar-refractivity contribution in [2.24, 2.45) is 0 Å². The monoisotopic (exact) mass is 1110 g/mol. The van der Waals surface area contributed by atoms with Gasteiger partial charge in [0.05, 0.1) is 39.6 Å². The van der Waals surface area contributed by atoms with Crippen LogP contribution in [0.2, 0.25) is 0 Å². The van der Waals surface area contributed by atoms with E-state index in [2.05, 4.69) is 113 Å². The van der Waals surface area contributed by atoms with Crippen LogP contribution in [0, 0.1) is 13.8 Å². The van der Waals surface area contributed by atoms with Gasteiger partial charge in [-0.25, -0.2) is 19.2 Å². The summed E-state index contributed by atoms with van der Waals surface area (Å²) in [6.45, 7) is 24.2. The van der Waals surface area contributed by atoms with Gasteiger partial charge in [0.15, 0.2) is 0 Å². The maximum atomic E-state index is 10.8. The Morgan fingerprint density at radius 1 is 0.370 bits per heavy atom. The molecule has 0 heterocycles. The van der Waals surface area contributed by atoms with E-state index in [-0.39, 0.29) is 23.9 Å². The van der Waals surface area contributed by atoms with Crippen molar-refractivity contribution in [3.8, 4) is 17.2 Å². The molecule has 4 aromatic carbocycles. The summed E-state index contributed by atoms with van der Waals surface area (Å²) >= 11 is 0. The Labute approximate surface area is 485 Å². The number of rotatable bonds is 38. The quantitative estimate of drug-likeness (QED) is 0.0138. The summed E-state index contributed by atoms with van der Waals surface area (Å²) < 4.78 is 35.7. The molecular formula is C69H94O12. The van der Waals surface area contributed by atoms with E-state index in [1.807, 2.05) is 19.1 Å². The zero-order valence-corrected chi connectivity index (χ0v) is 49.3. The van der Waals surface area contributed by atoms with Crippen LogP contribution in [0.5, 0.6) is 17.2 Å². The number of hydrogen-bond donors (Lipinski definition) is 0. The topological polar surface area (TPSA) is 150 Å². The molecule has 442 valence electrons. The second-order valence-corrected chi connectivity index (χ2v) is 19.2. The van der Waals surface area contributed by atoms with Gasteiger partial charge in [-0.05, 0) is 138 Å². The van der Waals surface area contributed by atoms with Gasteiger partial charge in [-0.15, -0.1) is 0 Å². The number of carbonyl (C=O) groups excluding carboxylic acids is 5. The van der Waals surface area contributed by atoms with Gasteiger partial charge in [-0.1, -0.05) is 174 Å². The molecule has 0 bridgehead atoms. The summed E-state index contributed by atoms with van der Waals surface area (Å²) in [7, 11) is 0. The van der Waals surface area contributed by atoms with Gasteiger partial charge < -0.3 is 33.2 Å². The molecule has 12 nitrogen and oxygen atoms in total. The van der Waals surface area contributed by atoms with Gasteiger partial charge in [-0.3, -0.25) is 4.79 Å². The second kappa shape index (κ2) is 49.6. The van der Waals surface area contributed by atoms with E-state index >= 15 is 0 Å². The van der Waals surface area contributed by atoms with Crippen molar-refractivity contribution in [3.63, 3.8) is 0 Å². The first kappa shape index (κ1) is 71.5. The predicted octanol–water partition coefficient (Wildman–Crippen LogP) is 16.1. The largest absolute Gasteiger partial charge is 0.494 e. The molecule has 0 saturated carbocycles. The van der Waals surface area contributed by atoms with Crippen LogP contribution in [-0.2, 0) is 55.8 Å². The van der Waals surface area contributed by atoms with Crippen LogP contribution in [0.3, 0.4) is 0 Å². The Bertz CT molecular complexity index is 2350. The highest BCUT2D eigenvalue weighted by Crippen LogP contribution is 2.19. The average Bonchev–Trinajstić information content (AvgIpc) is 3.47. The molecule has 12 heteroatoms. The molecule has 81 heavy (non-hydrogen) atoms. The number of ether oxygens (including phenoxy) is 7. The number of hydrogen-bond acceptors (Lipinski definition) is 12. The molecule has 4 aromatic rings. The van der Waals surface area contributed by atoms with Crippen molar-refractivity contribution in [1.82, 2.24) is 0 Å². The Hall–Kier alpha value is -7.47. The van der Waals surface area contributed by atoms with E-state index < -0.39 is 5.97 Å². The molecule has 0 radical (unpaired) electrons. The van der Waals surface area contributed by atoms with Crippen LogP contribution in [-0.4, -0.2) is 69.5 Å². The maximum Gasteiger partial charge on any atom is 0.330 e. The smallest absolute Gasteiger partial charge is 0.330 e. The van der Waals surface area contributed by atoms with E-state index in [9.17, 15) is 24.0 Å². The van der Waals surface area contributed by atoms with Crippen molar-refractivity contribution >= 4 is 35.9 Å². The zero-order chi connectivity index (χ0) is 59.4. The third-order valence-electron chi connectivity index (χ3n) is 12.0. The lowest BCUT2D eigenvalue weighted by Gasteiger charge is -2.07. The predicted molar refractivity (Wildman–Crippen MR) is 327 cm³/mol. The minimum absolute atomic E-state index is 0.320. The summed E-state index contributed by atoms with van der Waals surface area (Å²) in [4.78, 5) is 53.9. The molecule has 0 N–H and O–H groups in total. The number of carbonyl (C=O) groups is 5. The highest BCUT2D eigenvalue weighted by atomic mass is 16.5. The van der Waals surface area contributed by atoms with Crippen LogP contribution in [0.25, 0.3) is 6.08 Å². The molecule has 0 aliphatic heterocycles. The molecule has 0 aliphatic carbocycles. The zero-order valence-electron chi connectivity index (χ0n) is 49.3. The molecule has 0 unspecified atom stereocenters. The Morgan fingerprint density at radius 3 is 1.01 bits per heavy atom. The Balaban J connectivity index is 0.000000540. The fourth-order valence-corrected chi connectivity index (χ4v) is 7.49. The molecule has 0 aromatic heterocycles. The van der Waals surface area contributed by atoms with E-state index in [4.69, 9.17) is 33.2 Å². The molecule has 0 saturated heterocycles. The van der Waals surface area contributed by atoms with Gasteiger partial charge >= 0.3 is 29.8 Å².